The van der Waals surface area contributed by atoms with Gasteiger partial charge in [-0.15, -0.1) is 0 Å². The van der Waals surface area contributed by atoms with Crippen LogP contribution in [-0.4, -0.2) is 43.4 Å². The molecule has 0 radical (unpaired) electrons. The summed E-state index contributed by atoms with van der Waals surface area (Å²) in [6.45, 7) is 0.190. The number of carbonyl (C=O) groups is 2. The van der Waals surface area contributed by atoms with Crippen LogP contribution in [0.15, 0.2) is 54.6 Å². The molecule has 0 saturated heterocycles. The van der Waals surface area contributed by atoms with Crippen molar-refractivity contribution in [3.8, 4) is 5.75 Å². The van der Waals surface area contributed by atoms with E-state index in [0.717, 1.165) is 11.1 Å². The average molecular weight is 415 g/mol. The number of hydrogen-bond donors (Lipinski definition) is 4. The van der Waals surface area contributed by atoms with Gasteiger partial charge in [0.25, 0.3) is 0 Å². The van der Waals surface area contributed by atoms with Crippen molar-refractivity contribution in [1.29, 1.82) is 0 Å². The number of benzene rings is 2. The summed E-state index contributed by atoms with van der Waals surface area (Å²) in [4.78, 5) is 24.9. The van der Waals surface area contributed by atoms with Crippen LogP contribution >= 0.6 is 0 Å². The molecule has 1 unspecified atom stereocenters. The molecule has 0 bridgehead atoms. The minimum absolute atomic E-state index is 0.100. The van der Waals surface area contributed by atoms with Gasteiger partial charge in [-0.05, 0) is 42.6 Å². The Morgan fingerprint density at radius 1 is 1.07 bits per heavy atom. The van der Waals surface area contributed by atoms with Crippen LogP contribution in [0, 0.1) is 0 Å². The Kier molecular flexibility index (Phi) is 9.63. The highest BCUT2D eigenvalue weighted by Gasteiger charge is 2.24. The second kappa shape index (κ2) is 12.5. The number of rotatable bonds is 11. The van der Waals surface area contributed by atoms with E-state index in [2.05, 4.69) is 10.6 Å². The van der Waals surface area contributed by atoms with Crippen LogP contribution in [0.3, 0.4) is 0 Å². The first kappa shape index (κ1) is 23.2. The fraction of sp³-hybridized carbons (Fsp3) is 0.364. The molecule has 0 aliphatic rings. The summed E-state index contributed by atoms with van der Waals surface area (Å²) < 4.78 is 10.3. The minimum atomic E-state index is -0.830. The number of aliphatic hydroxyl groups is 1. The van der Waals surface area contributed by atoms with E-state index in [1.807, 2.05) is 30.3 Å². The van der Waals surface area contributed by atoms with Gasteiger partial charge in [-0.2, -0.15) is 0 Å². The number of carbonyl (C=O) groups excluding carboxylic acids is 2. The lowest BCUT2D eigenvalue weighted by atomic mass is 10.1. The maximum absolute atomic E-state index is 12.8. The van der Waals surface area contributed by atoms with Crippen LogP contribution in [-0.2, 0) is 16.1 Å². The summed E-state index contributed by atoms with van der Waals surface area (Å²) in [6.07, 6.45) is 0.202. The molecule has 0 fully saturated rings. The van der Waals surface area contributed by atoms with Crippen LogP contribution in [0.4, 0.5) is 4.79 Å². The maximum atomic E-state index is 12.8. The molecular formula is C22H29N3O5. The third-order valence-corrected chi connectivity index (χ3v) is 4.54. The Balaban J connectivity index is 1.97. The Morgan fingerprint density at radius 2 is 1.77 bits per heavy atom. The van der Waals surface area contributed by atoms with E-state index in [0.29, 0.717) is 25.1 Å². The molecule has 30 heavy (non-hydrogen) atoms. The van der Waals surface area contributed by atoms with Gasteiger partial charge >= 0.3 is 6.09 Å². The molecule has 0 aliphatic heterocycles. The molecular weight excluding hydrogens is 386 g/mol. The summed E-state index contributed by atoms with van der Waals surface area (Å²) in [5.41, 5.74) is 7.12. The highest BCUT2D eigenvalue weighted by molar-refractivity contribution is 5.85. The number of hydrogen-bond acceptors (Lipinski definition) is 6. The third kappa shape index (κ3) is 7.38. The molecule has 2 aromatic carbocycles. The fourth-order valence-corrected chi connectivity index (χ4v) is 2.84. The number of methoxy groups -OCH3 is 1. The van der Waals surface area contributed by atoms with E-state index in [4.69, 9.17) is 15.2 Å². The quantitative estimate of drug-likeness (QED) is 0.444. The zero-order chi connectivity index (χ0) is 21.8. The van der Waals surface area contributed by atoms with E-state index in [9.17, 15) is 14.7 Å². The van der Waals surface area contributed by atoms with Crippen LogP contribution in [0.5, 0.6) is 5.75 Å². The first-order chi connectivity index (χ1) is 14.6. The van der Waals surface area contributed by atoms with Gasteiger partial charge in [0.1, 0.15) is 18.4 Å². The van der Waals surface area contributed by atoms with Crippen molar-refractivity contribution >= 4 is 12.0 Å². The highest BCUT2D eigenvalue weighted by Crippen LogP contribution is 2.18. The second-order valence-corrected chi connectivity index (χ2v) is 6.71. The molecule has 0 aliphatic carbocycles. The molecule has 0 saturated carbocycles. The molecule has 2 aromatic rings. The van der Waals surface area contributed by atoms with Gasteiger partial charge in [-0.25, -0.2) is 4.79 Å². The van der Waals surface area contributed by atoms with Gasteiger partial charge in [0, 0.05) is 0 Å². The summed E-state index contributed by atoms with van der Waals surface area (Å²) in [7, 11) is 1.56. The Bertz CT molecular complexity index is 783. The van der Waals surface area contributed by atoms with Crippen molar-refractivity contribution in [2.24, 2.45) is 5.73 Å². The minimum Gasteiger partial charge on any atom is -0.497 e. The lowest BCUT2D eigenvalue weighted by molar-refractivity contribution is -0.124. The molecule has 2 atom stereocenters. The van der Waals surface area contributed by atoms with E-state index in [1.165, 1.54) is 0 Å². The lowest BCUT2D eigenvalue weighted by Gasteiger charge is -2.22. The Hall–Kier alpha value is -3.10. The van der Waals surface area contributed by atoms with Crippen LogP contribution in [0.2, 0.25) is 0 Å². The summed E-state index contributed by atoms with van der Waals surface area (Å²) in [5, 5.41) is 15.1. The molecule has 2 amide bonds. The Morgan fingerprint density at radius 3 is 2.37 bits per heavy atom. The zero-order valence-corrected chi connectivity index (χ0v) is 17.0. The number of aliphatic hydroxyl groups excluding tert-OH is 1. The predicted octanol–water partition coefficient (Wildman–Crippen LogP) is 1.88. The topological polar surface area (TPSA) is 123 Å². The number of ether oxygens (including phenoxy) is 2. The normalized spacial score (nSPS) is 12.5. The molecule has 5 N–H and O–H groups in total. The molecule has 8 nitrogen and oxygen atoms in total. The van der Waals surface area contributed by atoms with Crippen molar-refractivity contribution in [3.05, 3.63) is 65.7 Å². The van der Waals surface area contributed by atoms with Gasteiger partial charge in [0.2, 0.25) is 5.91 Å². The maximum Gasteiger partial charge on any atom is 0.408 e. The van der Waals surface area contributed by atoms with Gasteiger partial charge in [-0.1, -0.05) is 42.5 Å². The van der Waals surface area contributed by atoms with Crippen molar-refractivity contribution < 1.29 is 24.2 Å². The second-order valence-electron chi connectivity index (χ2n) is 6.71. The van der Waals surface area contributed by atoms with Crippen molar-refractivity contribution in [3.63, 3.8) is 0 Å². The zero-order valence-electron chi connectivity index (χ0n) is 17.0. The van der Waals surface area contributed by atoms with E-state index >= 15 is 0 Å². The molecule has 2 rings (SSSR count). The predicted molar refractivity (Wildman–Crippen MR) is 113 cm³/mol. The molecule has 0 heterocycles. The monoisotopic (exact) mass is 415 g/mol. The van der Waals surface area contributed by atoms with Gasteiger partial charge < -0.3 is 30.9 Å². The SMILES string of the molecule is COc1ccc(C(CO)NC(=O)[C@H](CCCN)NC(=O)OCc2ccccc2)cc1. The third-order valence-electron chi connectivity index (χ3n) is 4.54. The first-order valence-corrected chi connectivity index (χ1v) is 9.79. The summed E-state index contributed by atoms with van der Waals surface area (Å²) in [5.74, 6) is 0.250. The molecule has 162 valence electrons. The average Bonchev–Trinajstić information content (AvgIpc) is 2.79. The highest BCUT2D eigenvalue weighted by atomic mass is 16.5. The largest absolute Gasteiger partial charge is 0.497 e. The van der Waals surface area contributed by atoms with Crippen LogP contribution in [0.25, 0.3) is 0 Å². The van der Waals surface area contributed by atoms with Crippen LogP contribution < -0.4 is 21.1 Å². The number of amides is 2. The van der Waals surface area contributed by atoms with Crippen molar-refractivity contribution in [2.75, 3.05) is 20.3 Å². The first-order valence-electron chi connectivity index (χ1n) is 9.79. The van der Waals surface area contributed by atoms with Gasteiger partial charge in [0.15, 0.2) is 0 Å². The smallest absolute Gasteiger partial charge is 0.408 e. The molecule has 0 aromatic heterocycles. The van der Waals surface area contributed by atoms with Crippen molar-refractivity contribution in [1.82, 2.24) is 10.6 Å². The lowest BCUT2D eigenvalue weighted by Crippen LogP contribution is -2.48. The van der Waals surface area contributed by atoms with Gasteiger partial charge in [-0.3, -0.25) is 4.79 Å². The van der Waals surface area contributed by atoms with E-state index < -0.39 is 24.1 Å². The number of nitrogens with two attached hydrogens (primary N) is 1. The fourth-order valence-electron chi connectivity index (χ4n) is 2.84. The van der Waals surface area contributed by atoms with E-state index in [-0.39, 0.29) is 13.2 Å². The summed E-state index contributed by atoms with van der Waals surface area (Å²) >= 11 is 0. The number of alkyl carbamates (subject to hydrolysis) is 1. The molecule has 8 heteroatoms. The van der Waals surface area contributed by atoms with Gasteiger partial charge in [0.05, 0.1) is 19.8 Å². The van der Waals surface area contributed by atoms with Crippen LogP contribution in [0.1, 0.15) is 30.0 Å². The Labute approximate surface area is 176 Å². The number of nitrogens with one attached hydrogen (secondary N) is 2. The standard InChI is InChI=1S/C22H29N3O5/c1-29-18-11-9-17(10-12-18)20(14-26)24-21(27)19(8-5-13-23)25-22(28)30-15-16-6-3-2-4-7-16/h2-4,6-7,9-12,19-20,26H,5,8,13-15,23H2,1H3,(H,24,27)(H,25,28)/t19-,20?/m0/s1. The molecule has 0 spiro atoms. The van der Waals surface area contributed by atoms with E-state index in [1.54, 1.807) is 31.4 Å². The van der Waals surface area contributed by atoms with Crippen molar-refractivity contribution in [2.45, 2.75) is 31.5 Å². The summed E-state index contributed by atoms with van der Waals surface area (Å²) in [6, 6.07) is 14.8.